The molecule has 4 aliphatic rings. The van der Waals surface area contributed by atoms with E-state index in [-0.39, 0.29) is 36.9 Å². The average molecular weight is 768 g/mol. The van der Waals surface area contributed by atoms with Crippen LogP contribution in [0.2, 0.25) is 0 Å². The van der Waals surface area contributed by atoms with Gasteiger partial charge in [0.2, 0.25) is 12.7 Å². The van der Waals surface area contributed by atoms with E-state index in [0.717, 1.165) is 61.4 Å². The van der Waals surface area contributed by atoms with Gasteiger partial charge in [0.25, 0.3) is 11.8 Å². The molecule has 1 aromatic heterocycles. The lowest BCUT2D eigenvalue weighted by Crippen LogP contribution is -2.52. The van der Waals surface area contributed by atoms with E-state index >= 15 is 4.79 Å². The van der Waals surface area contributed by atoms with Crippen molar-refractivity contribution in [2.45, 2.75) is 51.4 Å². The number of nitrogens with two attached hydrogens (primary N) is 1. The van der Waals surface area contributed by atoms with Crippen LogP contribution in [-0.2, 0) is 37.2 Å². The zero-order chi connectivity index (χ0) is 39.0. The largest absolute Gasteiger partial charge is 0.508 e. The van der Waals surface area contributed by atoms with Crippen molar-refractivity contribution in [1.29, 1.82) is 0 Å². The van der Waals surface area contributed by atoms with Gasteiger partial charge in [-0.15, -0.1) is 0 Å². The summed E-state index contributed by atoms with van der Waals surface area (Å²) in [5.41, 5.74) is 13.0. The number of ether oxygens (including phenoxy) is 3. The van der Waals surface area contributed by atoms with Gasteiger partial charge in [0.05, 0.1) is 30.9 Å². The quantitative estimate of drug-likeness (QED) is 0.193. The monoisotopic (exact) mass is 767 g/mol. The second-order valence-corrected chi connectivity index (χ2v) is 15.2. The zero-order valence-corrected chi connectivity index (χ0v) is 31.7. The van der Waals surface area contributed by atoms with Crippen LogP contribution in [0.1, 0.15) is 66.3 Å². The molecule has 12 heteroatoms. The summed E-state index contributed by atoms with van der Waals surface area (Å²) >= 11 is 0. The van der Waals surface area contributed by atoms with Crippen molar-refractivity contribution in [3.8, 4) is 28.5 Å². The second-order valence-electron chi connectivity index (χ2n) is 15.2. The number of hydrogen-bond donors (Lipinski definition) is 2. The first-order valence-electron chi connectivity index (χ1n) is 19.6. The SMILES string of the molecule is NC(=O)c1cccc(CN(C(=O)c2cc(-c3cc4c(cc3C(=O)N3Cc5ccccc5C[C@H]3CN3CCOCC3)OCO4)n3c2CCCC3)c2ccc(O)cc2)c1. The Morgan fingerprint density at radius 2 is 1.60 bits per heavy atom. The lowest BCUT2D eigenvalue weighted by molar-refractivity contribution is 0.0193. The van der Waals surface area contributed by atoms with Gasteiger partial charge in [0.1, 0.15) is 5.75 Å². The molecule has 0 aliphatic carbocycles. The maximum absolute atomic E-state index is 15.2. The molecule has 292 valence electrons. The van der Waals surface area contributed by atoms with Gasteiger partial charge in [-0.25, -0.2) is 0 Å². The van der Waals surface area contributed by atoms with Crippen molar-refractivity contribution < 1.29 is 33.7 Å². The highest BCUT2D eigenvalue weighted by Crippen LogP contribution is 2.42. The number of aromatic nitrogens is 1. The number of anilines is 1. The third kappa shape index (κ3) is 7.22. The van der Waals surface area contributed by atoms with Crippen molar-refractivity contribution in [2.24, 2.45) is 5.73 Å². The van der Waals surface area contributed by atoms with E-state index in [1.807, 2.05) is 35.2 Å². The highest BCUT2D eigenvalue weighted by molar-refractivity contribution is 6.09. The van der Waals surface area contributed by atoms with Crippen LogP contribution in [0.25, 0.3) is 11.3 Å². The molecule has 1 saturated heterocycles. The molecule has 4 aromatic carbocycles. The molecule has 0 unspecified atom stereocenters. The summed E-state index contributed by atoms with van der Waals surface area (Å²) in [7, 11) is 0. The summed E-state index contributed by atoms with van der Waals surface area (Å²) in [6.45, 7) is 5.08. The van der Waals surface area contributed by atoms with Crippen LogP contribution in [0.4, 0.5) is 5.69 Å². The number of hydrogen-bond acceptors (Lipinski definition) is 8. The Morgan fingerprint density at radius 1 is 0.825 bits per heavy atom. The number of amides is 3. The van der Waals surface area contributed by atoms with Crippen molar-refractivity contribution in [1.82, 2.24) is 14.4 Å². The molecule has 1 fully saturated rings. The molecule has 0 bridgehead atoms. The van der Waals surface area contributed by atoms with Crippen molar-refractivity contribution in [3.05, 3.63) is 130 Å². The smallest absolute Gasteiger partial charge is 0.260 e. The first-order valence-corrected chi connectivity index (χ1v) is 19.6. The molecule has 3 amide bonds. The maximum Gasteiger partial charge on any atom is 0.260 e. The summed E-state index contributed by atoms with van der Waals surface area (Å²) in [5, 5.41) is 10.1. The Labute approximate surface area is 330 Å². The van der Waals surface area contributed by atoms with Gasteiger partial charge in [-0.3, -0.25) is 19.3 Å². The van der Waals surface area contributed by atoms with E-state index in [1.165, 1.54) is 5.56 Å². The first-order chi connectivity index (χ1) is 27.8. The Morgan fingerprint density at radius 3 is 2.39 bits per heavy atom. The van der Waals surface area contributed by atoms with Gasteiger partial charge in [-0.2, -0.15) is 0 Å². The normalized spacial score (nSPS) is 17.5. The number of morpholine rings is 1. The number of benzene rings is 4. The molecular formula is C45H45N5O7. The number of phenolic OH excluding ortho intramolecular Hbond substituents is 1. The minimum atomic E-state index is -0.555. The van der Waals surface area contributed by atoms with E-state index < -0.39 is 5.91 Å². The van der Waals surface area contributed by atoms with Crippen LogP contribution in [-0.4, -0.2) is 82.9 Å². The molecule has 5 heterocycles. The lowest BCUT2D eigenvalue weighted by Gasteiger charge is -2.40. The fourth-order valence-electron chi connectivity index (χ4n) is 8.70. The average Bonchev–Trinajstić information content (AvgIpc) is 3.87. The van der Waals surface area contributed by atoms with Gasteiger partial charge >= 0.3 is 0 Å². The summed E-state index contributed by atoms with van der Waals surface area (Å²) in [6, 6.07) is 27.4. The minimum absolute atomic E-state index is 0.0533. The summed E-state index contributed by atoms with van der Waals surface area (Å²) in [4.78, 5) is 48.3. The van der Waals surface area contributed by atoms with E-state index in [0.29, 0.717) is 72.2 Å². The van der Waals surface area contributed by atoms with Crippen LogP contribution in [0, 0.1) is 0 Å². The molecule has 57 heavy (non-hydrogen) atoms. The molecule has 1 atom stereocenters. The Bertz CT molecular complexity index is 2350. The summed E-state index contributed by atoms with van der Waals surface area (Å²) in [5.74, 6) is 0.247. The van der Waals surface area contributed by atoms with Gasteiger partial charge in [0, 0.05) is 67.0 Å². The van der Waals surface area contributed by atoms with Crippen molar-refractivity contribution in [3.63, 3.8) is 0 Å². The number of carbonyl (C=O) groups excluding carboxylic acids is 3. The molecular weight excluding hydrogens is 723 g/mol. The van der Waals surface area contributed by atoms with Crippen LogP contribution in [0.3, 0.4) is 0 Å². The van der Waals surface area contributed by atoms with Gasteiger partial charge in [0.15, 0.2) is 11.5 Å². The number of nitrogens with zero attached hydrogens (tertiary/aromatic N) is 4. The Kier molecular flexibility index (Phi) is 9.89. The van der Waals surface area contributed by atoms with E-state index in [9.17, 15) is 14.7 Å². The fraction of sp³-hybridized carbons (Fsp3) is 0.311. The van der Waals surface area contributed by atoms with Crippen LogP contribution < -0.4 is 20.1 Å². The molecule has 3 N–H and O–H groups in total. The molecule has 12 nitrogen and oxygen atoms in total. The van der Waals surface area contributed by atoms with Crippen LogP contribution in [0.15, 0.2) is 91.0 Å². The summed E-state index contributed by atoms with van der Waals surface area (Å²) in [6.07, 6.45) is 3.25. The maximum atomic E-state index is 15.2. The third-order valence-electron chi connectivity index (χ3n) is 11.7. The van der Waals surface area contributed by atoms with Crippen LogP contribution >= 0.6 is 0 Å². The number of fused-ring (bicyclic) bond motifs is 3. The lowest BCUT2D eigenvalue weighted by atomic mass is 9.92. The van der Waals surface area contributed by atoms with Crippen molar-refractivity contribution in [2.75, 3.05) is 44.5 Å². The highest BCUT2D eigenvalue weighted by atomic mass is 16.7. The van der Waals surface area contributed by atoms with E-state index in [2.05, 4.69) is 27.7 Å². The predicted molar refractivity (Wildman–Crippen MR) is 214 cm³/mol. The Hall–Kier alpha value is -6.11. The molecule has 4 aliphatic heterocycles. The Balaban J connectivity index is 1.13. The molecule has 9 rings (SSSR count). The molecule has 0 saturated carbocycles. The van der Waals surface area contributed by atoms with Crippen LogP contribution in [0.5, 0.6) is 17.2 Å². The van der Waals surface area contributed by atoms with Gasteiger partial charge in [-0.1, -0.05) is 36.4 Å². The summed E-state index contributed by atoms with van der Waals surface area (Å²) < 4.78 is 19.6. The fourth-order valence-corrected chi connectivity index (χ4v) is 8.70. The first kappa shape index (κ1) is 36.5. The number of rotatable bonds is 9. The molecule has 5 aromatic rings. The number of carbonyl (C=O) groups is 3. The molecule has 0 radical (unpaired) electrons. The topological polar surface area (TPSA) is 140 Å². The molecule has 0 spiro atoms. The second kappa shape index (κ2) is 15.4. The number of aromatic hydroxyl groups is 1. The van der Waals surface area contributed by atoms with Gasteiger partial charge < -0.3 is 39.4 Å². The standard InChI is InChI=1S/C45H45N5O7/c46-43(52)31-9-5-6-29(20-31)25-49(33-11-13-35(51)14-12-33)45(54)38-22-40(48-15-4-3-10-39(38)48)36-23-41-42(57-28-56-41)24-37(36)44(53)50-26-32-8-2-1-7-30(32)21-34(50)27-47-16-18-55-19-17-47/h1-2,5-9,11-14,20,22-24,34,51H,3-4,10,15-19,21,25-28H2,(H2,46,52)/t34-/m0/s1. The van der Waals surface area contributed by atoms with Gasteiger partial charge in [-0.05, 0) is 97.0 Å². The number of primary amides is 1. The highest BCUT2D eigenvalue weighted by Gasteiger charge is 2.36. The minimum Gasteiger partial charge on any atom is -0.508 e. The van der Waals surface area contributed by atoms with Crippen molar-refractivity contribution >= 4 is 23.4 Å². The van der Waals surface area contributed by atoms with E-state index in [4.69, 9.17) is 19.9 Å². The predicted octanol–water partition coefficient (Wildman–Crippen LogP) is 5.77. The number of phenols is 1. The van der Waals surface area contributed by atoms with E-state index in [1.54, 1.807) is 47.4 Å². The zero-order valence-electron chi connectivity index (χ0n) is 31.7. The third-order valence-corrected chi connectivity index (χ3v) is 11.7.